The molecule has 25 heavy (non-hydrogen) atoms. The van der Waals surface area contributed by atoms with Crippen LogP contribution < -0.4 is 0 Å². The molecule has 0 aliphatic carbocycles. The summed E-state index contributed by atoms with van der Waals surface area (Å²) in [6.07, 6.45) is 5.45. The third-order valence-corrected chi connectivity index (χ3v) is 4.50. The molecule has 3 aromatic rings. The van der Waals surface area contributed by atoms with E-state index in [1.54, 1.807) is 18.3 Å². The number of hydrogen-bond donors (Lipinski definition) is 1. The lowest BCUT2D eigenvalue weighted by atomic mass is 10.1. The number of carbonyl (C=O) groups is 1. The molecule has 0 atom stereocenters. The van der Waals surface area contributed by atoms with Crippen LogP contribution in [-0.2, 0) is 11.3 Å². The van der Waals surface area contributed by atoms with Crippen molar-refractivity contribution in [3.8, 4) is 0 Å². The Bertz CT molecular complexity index is 856. The SMILES string of the molecule is O=C(c1ccc2n[nH]nc2c1)N1CCC(OCc2cccnc2)CC1. The molecule has 0 saturated carbocycles. The summed E-state index contributed by atoms with van der Waals surface area (Å²) in [5.74, 6) is 0.0376. The Balaban J connectivity index is 1.32. The largest absolute Gasteiger partial charge is 0.373 e. The molecule has 7 heteroatoms. The number of aromatic amines is 1. The molecule has 1 aliphatic rings. The highest BCUT2D eigenvalue weighted by atomic mass is 16.5. The molecule has 0 bridgehead atoms. The van der Waals surface area contributed by atoms with Crippen molar-refractivity contribution in [3.05, 3.63) is 53.9 Å². The summed E-state index contributed by atoms with van der Waals surface area (Å²) < 4.78 is 5.95. The van der Waals surface area contributed by atoms with Gasteiger partial charge in [-0.2, -0.15) is 15.4 Å². The first-order valence-electron chi connectivity index (χ1n) is 8.40. The van der Waals surface area contributed by atoms with Crippen LogP contribution in [0.15, 0.2) is 42.7 Å². The van der Waals surface area contributed by atoms with Crippen molar-refractivity contribution >= 4 is 16.9 Å². The Morgan fingerprint density at radius 1 is 1.20 bits per heavy atom. The van der Waals surface area contributed by atoms with Crippen LogP contribution in [0, 0.1) is 0 Å². The second-order valence-electron chi connectivity index (χ2n) is 6.19. The van der Waals surface area contributed by atoms with Crippen LogP contribution in [0.2, 0.25) is 0 Å². The quantitative estimate of drug-likeness (QED) is 0.789. The second-order valence-corrected chi connectivity index (χ2v) is 6.19. The monoisotopic (exact) mass is 337 g/mol. The summed E-state index contributed by atoms with van der Waals surface area (Å²) in [5.41, 5.74) is 3.19. The molecule has 7 nitrogen and oxygen atoms in total. The third kappa shape index (κ3) is 3.51. The van der Waals surface area contributed by atoms with Crippen molar-refractivity contribution in [2.75, 3.05) is 13.1 Å². The van der Waals surface area contributed by atoms with Gasteiger partial charge in [-0.05, 0) is 42.7 Å². The molecule has 1 aromatic carbocycles. The molecule has 128 valence electrons. The number of amides is 1. The molecule has 1 fully saturated rings. The van der Waals surface area contributed by atoms with Gasteiger partial charge in [0.15, 0.2) is 0 Å². The molecule has 1 aliphatic heterocycles. The van der Waals surface area contributed by atoms with E-state index in [0.717, 1.165) is 23.9 Å². The summed E-state index contributed by atoms with van der Waals surface area (Å²) in [6, 6.07) is 9.32. The molecule has 3 heterocycles. The van der Waals surface area contributed by atoms with Gasteiger partial charge in [0.2, 0.25) is 0 Å². The van der Waals surface area contributed by atoms with Crippen molar-refractivity contribution in [3.63, 3.8) is 0 Å². The molecular weight excluding hydrogens is 318 g/mol. The standard InChI is InChI=1S/C18H19N5O2/c24-18(14-3-4-16-17(10-14)21-22-20-16)23-8-5-15(6-9-23)25-12-13-2-1-7-19-11-13/h1-4,7,10-11,15H,5-6,8-9,12H2,(H,20,21,22). The number of likely N-dealkylation sites (tertiary alicyclic amines) is 1. The number of rotatable bonds is 4. The number of benzene rings is 1. The maximum atomic E-state index is 12.7. The fraction of sp³-hybridized carbons (Fsp3) is 0.333. The number of piperidine rings is 1. The Hall–Kier alpha value is -2.80. The molecular formula is C18H19N5O2. The van der Waals surface area contributed by atoms with Gasteiger partial charge in [-0.15, -0.1) is 0 Å². The lowest BCUT2D eigenvalue weighted by molar-refractivity contribution is -0.000465. The number of fused-ring (bicyclic) bond motifs is 1. The maximum Gasteiger partial charge on any atom is 0.253 e. The molecule has 1 amide bonds. The van der Waals surface area contributed by atoms with Crippen LogP contribution >= 0.6 is 0 Å². The number of aromatic nitrogens is 4. The van der Waals surface area contributed by atoms with Gasteiger partial charge in [0, 0.05) is 31.0 Å². The fourth-order valence-corrected chi connectivity index (χ4v) is 3.08. The Morgan fingerprint density at radius 2 is 2.04 bits per heavy atom. The number of H-pyrrole nitrogens is 1. The number of nitrogens with one attached hydrogen (secondary N) is 1. The molecule has 1 saturated heterocycles. The highest BCUT2D eigenvalue weighted by Gasteiger charge is 2.24. The van der Waals surface area contributed by atoms with E-state index in [4.69, 9.17) is 4.74 Å². The van der Waals surface area contributed by atoms with Gasteiger partial charge in [-0.1, -0.05) is 6.07 Å². The predicted octanol–water partition coefficient (Wildman–Crippen LogP) is 2.17. The van der Waals surface area contributed by atoms with Crippen LogP contribution in [0.25, 0.3) is 11.0 Å². The Labute approximate surface area is 145 Å². The average Bonchev–Trinajstić information content (AvgIpc) is 3.15. The molecule has 0 radical (unpaired) electrons. The zero-order chi connectivity index (χ0) is 17.1. The summed E-state index contributed by atoms with van der Waals surface area (Å²) in [4.78, 5) is 18.6. The summed E-state index contributed by atoms with van der Waals surface area (Å²) in [6.45, 7) is 1.97. The third-order valence-electron chi connectivity index (χ3n) is 4.50. The topological polar surface area (TPSA) is 84.0 Å². The molecule has 2 aromatic heterocycles. The second kappa shape index (κ2) is 6.98. The molecule has 1 N–H and O–H groups in total. The van der Waals surface area contributed by atoms with E-state index in [1.165, 1.54) is 0 Å². The number of pyridine rings is 1. The zero-order valence-corrected chi connectivity index (χ0v) is 13.8. The lowest BCUT2D eigenvalue weighted by Gasteiger charge is -2.32. The van der Waals surface area contributed by atoms with Gasteiger partial charge in [0.05, 0.1) is 12.7 Å². The van der Waals surface area contributed by atoms with E-state index in [2.05, 4.69) is 20.4 Å². The van der Waals surface area contributed by atoms with E-state index in [1.807, 2.05) is 29.3 Å². The first-order chi connectivity index (χ1) is 12.3. The number of hydrogen-bond acceptors (Lipinski definition) is 5. The van der Waals surface area contributed by atoms with Gasteiger partial charge >= 0.3 is 0 Å². The van der Waals surface area contributed by atoms with E-state index >= 15 is 0 Å². The first kappa shape index (κ1) is 15.7. The number of ether oxygens (including phenoxy) is 1. The van der Waals surface area contributed by atoms with Crippen molar-refractivity contribution in [1.29, 1.82) is 0 Å². The van der Waals surface area contributed by atoms with E-state index in [0.29, 0.717) is 30.8 Å². The summed E-state index contributed by atoms with van der Waals surface area (Å²) >= 11 is 0. The summed E-state index contributed by atoms with van der Waals surface area (Å²) in [5, 5.41) is 10.6. The van der Waals surface area contributed by atoms with Crippen LogP contribution in [0.3, 0.4) is 0 Å². The van der Waals surface area contributed by atoms with E-state index < -0.39 is 0 Å². The van der Waals surface area contributed by atoms with Crippen LogP contribution in [0.5, 0.6) is 0 Å². The van der Waals surface area contributed by atoms with E-state index in [9.17, 15) is 4.79 Å². The van der Waals surface area contributed by atoms with Crippen molar-refractivity contribution < 1.29 is 9.53 Å². The van der Waals surface area contributed by atoms with Gasteiger partial charge in [0.1, 0.15) is 11.0 Å². The fourth-order valence-electron chi connectivity index (χ4n) is 3.08. The molecule has 4 rings (SSSR count). The van der Waals surface area contributed by atoms with Crippen LogP contribution in [0.1, 0.15) is 28.8 Å². The summed E-state index contributed by atoms with van der Waals surface area (Å²) in [7, 11) is 0. The van der Waals surface area contributed by atoms with Gasteiger partial charge < -0.3 is 9.64 Å². The first-order valence-corrected chi connectivity index (χ1v) is 8.40. The van der Waals surface area contributed by atoms with Crippen molar-refractivity contribution in [2.24, 2.45) is 0 Å². The smallest absolute Gasteiger partial charge is 0.253 e. The molecule has 0 unspecified atom stereocenters. The Kier molecular flexibility index (Phi) is 4.39. The van der Waals surface area contributed by atoms with Gasteiger partial charge in [0.25, 0.3) is 5.91 Å². The predicted molar refractivity (Wildman–Crippen MR) is 91.8 cm³/mol. The minimum Gasteiger partial charge on any atom is -0.373 e. The lowest BCUT2D eigenvalue weighted by Crippen LogP contribution is -2.40. The van der Waals surface area contributed by atoms with Crippen molar-refractivity contribution in [1.82, 2.24) is 25.3 Å². The highest BCUT2D eigenvalue weighted by Crippen LogP contribution is 2.19. The normalized spacial score (nSPS) is 15.6. The highest BCUT2D eigenvalue weighted by molar-refractivity contribution is 5.97. The van der Waals surface area contributed by atoms with Crippen molar-refractivity contribution in [2.45, 2.75) is 25.6 Å². The molecule has 0 spiro atoms. The van der Waals surface area contributed by atoms with Crippen LogP contribution in [-0.4, -0.2) is 50.4 Å². The van der Waals surface area contributed by atoms with Crippen LogP contribution in [0.4, 0.5) is 0 Å². The van der Waals surface area contributed by atoms with Gasteiger partial charge in [-0.3, -0.25) is 9.78 Å². The Morgan fingerprint density at radius 3 is 2.84 bits per heavy atom. The maximum absolute atomic E-state index is 12.7. The van der Waals surface area contributed by atoms with Gasteiger partial charge in [-0.25, -0.2) is 0 Å². The minimum absolute atomic E-state index is 0.0376. The number of nitrogens with zero attached hydrogens (tertiary/aromatic N) is 4. The zero-order valence-electron chi connectivity index (χ0n) is 13.8. The van der Waals surface area contributed by atoms with E-state index in [-0.39, 0.29) is 12.0 Å². The number of carbonyl (C=O) groups excluding carboxylic acids is 1. The minimum atomic E-state index is 0.0376. The average molecular weight is 337 g/mol.